The third-order valence-electron chi connectivity index (χ3n) is 1.19. The molecule has 0 spiro atoms. The third-order valence-corrected chi connectivity index (χ3v) is 2.00. The molecule has 0 bridgehead atoms. The van der Waals surface area contributed by atoms with Crippen molar-refractivity contribution < 1.29 is 8.78 Å². The molecule has 6 heteroatoms. The fraction of sp³-hybridized carbons (Fsp3) is 0.333. The summed E-state index contributed by atoms with van der Waals surface area (Å²) in [7, 11) is 0. The molecule has 12 heavy (non-hydrogen) atoms. The van der Waals surface area contributed by atoms with Crippen LogP contribution in [0.15, 0.2) is 6.07 Å². The number of hydrogen-bond acceptors (Lipinski definition) is 2. The number of alkyl halides is 2. The normalized spacial score (nSPS) is 11.8. The first-order chi connectivity index (χ1) is 5.41. The molecule has 0 fully saturated rings. The lowest BCUT2D eigenvalue weighted by Crippen LogP contribution is -2.10. The summed E-state index contributed by atoms with van der Waals surface area (Å²) in [6, 6.07) is 1.22. The van der Waals surface area contributed by atoms with Crippen LogP contribution in [-0.4, -0.2) is 10.2 Å². The van der Waals surface area contributed by atoms with Crippen LogP contribution in [0.3, 0.4) is 0 Å². The van der Waals surface area contributed by atoms with E-state index in [1.165, 1.54) is 6.07 Å². The second kappa shape index (κ2) is 3.37. The largest absolute Gasteiger partial charge is 0.273 e. The second-order valence-corrected chi connectivity index (χ2v) is 3.72. The van der Waals surface area contributed by atoms with Crippen molar-refractivity contribution in [1.82, 2.24) is 10.2 Å². The van der Waals surface area contributed by atoms with Crippen molar-refractivity contribution in [2.24, 2.45) is 0 Å². The molecule has 0 radical (unpaired) electrons. The SMILES string of the molecule is CC(F)(F)c1cc(I)nnc1Cl. The lowest BCUT2D eigenvalue weighted by Gasteiger charge is -2.10. The van der Waals surface area contributed by atoms with Gasteiger partial charge in [-0.3, -0.25) is 0 Å². The first kappa shape index (κ1) is 10.0. The minimum atomic E-state index is -2.97. The minimum Gasteiger partial charge on any atom is -0.202 e. The lowest BCUT2D eigenvalue weighted by molar-refractivity contribution is 0.0170. The molecule has 1 aromatic rings. The summed E-state index contributed by atoms with van der Waals surface area (Å²) in [6.45, 7) is 0.770. The van der Waals surface area contributed by atoms with Crippen molar-refractivity contribution in [2.45, 2.75) is 12.8 Å². The molecular weight excluding hydrogens is 300 g/mol. The fourth-order valence-corrected chi connectivity index (χ4v) is 1.34. The van der Waals surface area contributed by atoms with E-state index in [-0.39, 0.29) is 10.7 Å². The fourth-order valence-electron chi connectivity index (χ4n) is 0.661. The van der Waals surface area contributed by atoms with Crippen molar-refractivity contribution in [3.8, 4) is 0 Å². The van der Waals surface area contributed by atoms with Gasteiger partial charge in [0.05, 0.1) is 5.56 Å². The molecule has 2 nitrogen and oxygen atoms in total. The molecule has 0 saturated heterocycles. The zero-order chi connectivity index (χ0) is 9.35. The van der Waals surface area contributed by atoms with E-state index in [1.807, 2.05) is 0 Å². The van der Waals surface area contributed by atoms with Crippen LogP contribution in [0.1, 0.15) is 12.5 Å². The van der Waals surface area contributed by atoms with Gasteiger partial charge in [0.25, 0.3) is 5.92 Å². The van der Waals surface area contributed by atoms with Crippen molar-refractivity contribution in [1.29, 1.82) is 0 Å². The summed E-state index contributed by atoms with van der Waals surface area (Å²) in [5, 5.41) is 6.65. The molecule has 0 atom stereocenters. The lowest BCUT2D eigenvalue weighted by atomic mass is 10.2. The Balaban J connectivity index is 3.23. The van der Waals surface area contributed by atoms with E-state index in [2.05, 4.69) is 10.2 Å². The highest BCUT2D eigenvalue weighted by Crippen LogP contribution is 2.31. The van der Waals surface area contributed by atoms with Crippen LogP contribution < -0.4 is 0 Å². The number of rotatable bonds is 1. The van der Waals surface area contributed by atoms with E-state index in [1.54, 1.807) is 22.6 Å². The van der Waals surface area contributed by atoms with Gasteiger partial charge >= 0.3 is 0 Å². The summed E-state index contributed by atoms with van der Waals surface area (Å²) < 4.78 is 25.9. The van der Waals surface area contributed by atoms with Gasteiger partial charge in [-0.15, -0.1) is 10.2 Å². The van der Waals surface area contributed by atoms with Crippen LogP contribution in [0.25, 0.3) is 0 Å². The molecule has 0 aliphatic heterocycles. The quantitative estimate of drug-likeness (QED) is 0.746. The molecule has 0 amide bonds. The van der Waals surface area contributed by atoms with E-state index in [0.29, 0.717) is 3.70 Å². The van der Waals surface area contributed by atoms with Crippen molar-refractivity contribution in [3.05, 3.63) is 20.5 Å². The minimum absolute atomic E-state index is 0.247. The monoisotopic (exact) mass is 304 g/mol. The van der Waals surface area contributed by atoms with E-state index in [9.17, 15) is 8.78 Å². The Labute approximate surface area is 86.5 Å². The first-order valence-corrected chi connectivity index (χ1v) is 4.44. The van der Waals surface area contributed by atoms with Gasteiger partial charge in [-0.05, 0) is 28.7 Å². The van der Waals surface area contributed by atoms with Gasteiger partial charge in [-0.1, -0.05) is 11.6 Å². The summed E-state index contributed by atoms with van der Waals surface area (Å²) in [5.74, 6) is -2.97. The highest BCUT2D eigenvalue weighted by atomic mass is 127. The van der Waals surface area contributed by atoms with Gasteiger partial charge < -0.3 is 0 Å². The molecule has 1 aromatic heterocycles. The molecule has 1 rings (SSSR count). The summed E-state index contributed by atoms with van der Waals surface area (Å²) >= 11 is 7.22. The zero-order valence-electron chi connectivity index (χ0n) is 5.98. The molecule has 0 aromatic carbocycles. The average molecular weight is 304 g/mol. The Morgan fingerprint density at radius 2 is 2.08 bits per heavy atom. The van der Waals surface area contributed by atoms with Crippen LogP contribution in [0.2, 0.25) is 5.15 Å². The second-order valence-electron chi connectivity index (χ2n) is 2.26. The highest BCUT2D eigenvalue weighted by molar-refractivity contribution is 14.1. The number of nitrogens with zero attached hydrogens (tertiary/aromatic N) is 2. The summed E-state index contributed by atoms with van der Waals surface area (Å²) in [5.41, 5.74) is -0.288. The van der Waals surface area contributed by atoms with E-state index in [0.717, 1.165) is 6.92 Å². The average Bonchev–Trinajstić information content (AvgIpc) is 1.92. The molecular formula is C6H4ClF2IN2. The smallest absolute Gasteiger partial charge is 0.202 e. The van der Waals surface area contributed by atoms with Gasteiger partial charge in [0.2, 0.25) is 0 Å². The van der Waals surface area contributed by atoms with Crippen molar-refractivity contribution in [3.63, 3.8) is 0 Å². The van der Waals surface area contributed by atoms with Gasteiger partial charge in [0.1, 0.15) is 3.70 Å². The molecule has 0 unspecified atom stereocenters. The Kier molecular flexibility index (Phi) is 2.82. The van der Waals surface area contributed by atoms with Crippen molar-refractivity contribution in [2.75, 3.05) is 0 Å². The first-order valence-electron chi connectivity index (χ1n) is 2.98. The maximum absolute atomic E-state index is 12.7. The summed E-state index contributed by atoms with van der Waals surface area (Å²) in [6.07, 6.45) is 0. The van der Waals surface area contributed by atoms with Crippen LogP contribution in [0.4, 0.5) is 8.78 Å². The van der Waals surface area contributed by atoms with Gasteiger partial charge in [-0.2, -0.15) is 0 Å². The van der Waals surface area contributed by atoms with E-state index in [4.69, 9.17) is 11.6 Å². The topological polar surface area (TPSA) is 25.8 Å². The standard InChI is InChI=1S/C6H4ClF2IN2/c1-6(8,9)3-2-4(10)11-12-5(3)7/h2H,1H3. The Morgan fingerprint density at radius 3 is 2.50 bits per heavy atom. The Bertz CT molecular complexity index is 300. The molecule has 66 valence electrons. The van der Waals surface area contributed by atoms with Gasteiger partial charge in [-0.25, -0.2) is 8.78 Å². The van der Waals surface area contributed by atoms with E-state index >= 15 is 0 Å². The number of aromatic nitrogens is 2. The molecule has 1 heterocycles. The molecule has 0 saturated carbocycles. The summed E-state index contributed by atoms with van der Waals surface area (Å²) in [4.78, 5) is 0. The number of halogens is 4. The number of hydrogen-bond donors (Lipinski definition) is 0. The molecule has 0 N–H and O–H groups in total. The van der Waals surface area contributed by atoms with Crippen LogP contribution in [-0.2, 0) is 5.92 Å². The van der Waals surface area contributed by atoms with Crippen LogP contribution in [0.5, 0.6) is 0 Å². The van der Waals surface area contributed by atoms with Crippen LogP contribution in [0, 0.1) is 3.70 Å². The van der Waals surface area contributed by atoms with Crippen LogP contribution >= 0.6 is 34.2 Å². The predicted molar refractivity (Wildman–Crippen MR) is 49.3 cm³/mol. The van der Waals surface area contributed by atoms with Gasteiger partial charge in [0, 0.05) is 6.92 Å². The Hall–Kier alpha value is -0.0400. The van der Waals surface area contributed by atoms with E-state index < -0.39 is 5.92 Å². The maximum Gasteiger partial charge on any atom is 0.273 e. The highest BCUT2D eigenvalue weighted by Gasteiger charge is 2.28. The van der Waals surface area contributed by atoms with Crippen molar-refractivity contribution >= 4 is 34.2 Å². The molecule has 0 aliphatic carbocycles. The van der Waals surface area contributed by atoms with Gasteiger partial charge in [0.15, 0.2) is 5.15 Å². The Morgan fingerprint density at radius 1 is 1.50 bits per heavy atom. The molecule has 0 aliphatic rings. The zero-order valence-corrected chi connectivity index (χ0v) is 8.90. The predicted octanol–water partition coefficient (Wildman–Crippen LogP) is 2.85. The maximum atomic E-state index is 12.7. The third kappa shape index (κ3) is 2.22.